The van der Waals surface area contributed by atoms with E-state index >= 15 is 0 Å². The van der Waals surface area contributed by atoms with Crippen molar-refractivity contribution in [1.82, 2.24) is 0 Å². The molecule has 2 aromatic carbocycles. The normalized spacial score (nSPS) is 10.7. The van der Waals surface area contributed by atoms with Gasteiger partial charge in [0.1, 0.15) is 24.0 Å². The van der Waals surface area contributed by atoms with Gasteiger partial charge in [0.05, 0.1) is 24.7 Å². The Balaban J connectivity index is 2.30. The standard InChI is InChI=1S/C19H10Br2Cl2N2O2/c1-2-6-27-18-13(20)8-11(9-14(18)21)7-12(10-24)19(26)25-16-5-3-4-15(22)17(16)23/h1,3-5,7-9H,6H2,(H,25,26)/b12-7-. The first-order valence-electron chi connectivity index (χ1n) is 7.29. The van der Waals surface area contributed by atoms with Crippen molar-refractivity contribution in [1.29, 1.82) is 5.26 Å². The zero-order valence-electron chi connectivity index (χ0n) is 13.5. The quantitative estimate of drug-likeness (QED) is 0.291. The SMILES string of the molecule is C#CCOc1c(Br)cc(/C=C(/C#N)C(=O)Nc2cccc(Cl)c2Cl)cc1Br. The molecule has 0 aromatic heterocycles. The van der Waals surface area contributed by atoms with Gasteiger partial charge in [-0.3, -0.25) is 4.79 Å². The van der Waals surface area contributed by atoms with Gasteiger partial charge in [0.2, 0.25) is 0 Å². The molecule has 4 nitrogen and oxygen atoms in total. The molecule has 27 heavy (non-hydrogen) atoms. The lowest BCUT2D eigenvalue weighted by molar-refractivity contribution is -0.112. The van der Waals surface area contributed by atoms with Crippen molar-refractivity contribution >= 4 is 72.7 Å². The predicted octanol–water partition coefficient (Wildman–Crippen LogP) is 6.08. The zero-order valence-corrected chi connectivity index (χ0v) is 18.2. The van der Waals surface area contributed by atoms with Crippen LogP contribution in [0.1, 0.15) is 5.56 Å². The molecule has 1 N–H and O–H groups in total. The van der Waals surface area contributed by atoms with Crippen LogP contribution in [0.4, 0.5) is 5.69 Å². The van der Waals surface area contributed by atoms with E-state index in [0.29, 0.717) is 31.0 Å². The van der Waals surface area contributed by atoms with Crippen molar-refractivity contribution in [3.05, 3.63) is 60.5 Å². The van der Waals surface area contributed by atoms with E-state index in [1.54, 1.807) is 30.3 Å². The first kappa shape index (κ1) is 21.3. The number of anilines is 1. The van der Waals surface area contributed by atoms with Gasteiger partial charge in [-0.15, -0.1) is 6.42 Å². The lowest BCUT2D eigenvalue weighted by Gasteiger charge is -2.10. The van der Waals surface area contributed by atoms with Crippen LogP contribution in [0.15, 0.2) is 44.9 Å². The van der Waals surface area contributed by atoms with Gasteiger partial charge in [-0.05, 0) is 67.8 Å². The average Bonchev–Trinajstić information content (AvgIpc) is 2.62. The molecule has 0 atom stereocenters. The third kappa shape index (κ3) is 5.51. The molecule has 136 valence electrons. The lowest BCUT2D eigenvalue weighted by Crippen LogP contribution is -2.13. The average molecular weight is 529 g/mol. The Morgan fingerprint density at radius 2 is 1.96 bits per heavy atom. The summed E-state index contributed by atoms with van der Waals surface area (Å²) in [5.74, 6) is 2.30. The number of carbonyl (C=O) groups is 1. The van der Waals surface area contributed by atoms with Gasteiger partial charge in [0, 0.05) is 0 Å². The molecule has 0 saturated carbocycles. The first-order chi connectivity index (χ1) is 12.9. The molecule has 0 bridgehead atoms. The van der Waals surface area contributed by atoms with Crippen LogP contribution < -0.4 is 10.1 Å². The Hall–Kier alpha value is -1.96. The number of nitriles is 1. The molecular formula is C19H10Br2Cl2N2O2. The highest BCUT2D eigenvalue weighted by Gasteiger charge is 2.14. The molecular weight excluding hydrogens is 519 g/mol. The number of hydrogen-bond donors (Lipinski definition) is 1. The maximum absolute atomic E-state index is 12.4. The predicted molar refractivity (Wildman–Crippen MR) is 115 cm³/mol. The van der Waals surface area contributed by atoms with Crippen molar-refractivity contribution in [2.24, 2.45) is 0 Å². The summed E-state index contributed by atoms with van der Waals surface area (Å²) in [6.07, 6.45) is 6.63. The number of amides is 1. The Kier molecular flexibility index (Phi) is 7.77. The van der Waals surface area contributed by atoms with Gasteiger partial charge in [0.25, 0.3) is 5.91 Å². The largest absolute Gasteiger partial charge is 0.479 e. The Morgan fingerprint density at radius 1 is 1.30 bits per heavy atom. The van der Waals surface area contributed by atoms with E-state index in [1.807, 2.05) is 6.07 Å². The molecule has 0 fully saturated rings. The number of hydrogen-bond acceptors (Lipinski definition) is 3. The fourth-order valence-corrected chi connectivity index (χ4v) is 3.82. The smallest absolute Gasteiger partial charge is 0.266 e. The van der Waals surface area contributed by atoms with Gasteiger partial charge in [-0.25, -0.2) is 0 Å². The summed E-state index contributed by atoms with van der Waals surface area (Å²) in [7, 11) is 0. The minimum absolute atomic E-state index is 0.109. The Labute approximate surface area is 183 Å². The summed E-state index contributed by atoms with van der Waals surface area (Å²) < 4.78 is 6.67. The van der Waals surface area contributed by atoms with E-state index in [4.69, 9.17) is 34.4 Å². The molecule has 2 aromatic rings. The minimum atomic E-state index is -0.610. The van der Waals surface area contributed by atoms with Crippen molar-refractivity contribution < 1.29 is 9.53 Å². The van der Waals surface area contributed by atoms with E-state index in [0.717, 1.165) is 0 Å². The molecule has 0 aliphatic carbocycles. The van der Waals surface area contributed by atoms with E-state index in [2.05, 4.69) is 43.1 Å². The third-order valence-electron chi connectivity index (χ3n) is 3.20. The van der Waals surface area contributed by atoms with Crippen molar-refractivity contribution in [2.75, 3.05) is 11.9 Å². The number of rotatable bonds is 5. The van der Waals surface area contributed by atoms with E-state index < -0.39 is 5.91 Å². The van der Waals surface area contributed by atoms with Gasteiger partial charge in [-0.1, -0.05) is 35.2 Å². The van der Waals surface area contributed by atoms with Crippen LogP contribution in [0, 0.1) is 23.7 Å². The van der Waals surface area contributed by atoms with Gasteiger partial charge < -0.3 is 10.1 Å². The molecule has 1 amide bonds. The van der Waals surface area contributed by atoms with Crippen molar-refractivity contribution in [2.45, 2.75) is 0 Å². The highest BCUT2D eigenvalue weighted by Crippen LogP contribution is 2.35. The maximum Gasteiger partial charge on any atom is 0.266 e. The number of nitrogens with one attached hydrogen (secondary N) is 1. The van der Waals surface area contributed by atoms with Gasteiger partial charge >= 0.3 is 0 Å². The second kappa shape index (κ2) is 9.82. The number of carbonyl (C=O) groups excluding carboxylic acids is 1. The fourth-order valence-electron chi connectivity index (χ4n) is 2.02. The monoisotopic (exact) mass is 526 g/mol. The van der Waals surface area contributed by atoms with Crippen molar-refractivity contribution in [3.63, 3.8) is 0 Å². The second-order valence-corrected chi connectivity index (χ2v) is 7.53. The van der Waals surface area contributed by atoms with Crippen LogP contribution in [0.2, 0.25) is 10.0 Å². The molecule has 0 saturated heterocycles. The van der Waals surface area contributed by atoms with Crippen LogP contribution in [-0.2, 0) is 4.79 Å². The molecule has 0 spiro atoms. The summed E-state index contributed by atoms with van der Waals surface area (Å²) in [4.78, 5) is 12.4. The molecule has 0 unspecified atom stereocenters. The zero-order chi connectivity index (χ0) is 20.0. The topological polar surface area (TPSA) is 62.1 Å². The van der Waals surface area contributed by atoms with Crippen LogP contribution in [0.5, 0.6) is 5.75 Å². The molecule has 0 aliphatic rings. The van der Waals surface area contributed by atoms with Crippen molar-refractivity contribution in [3.8, 4) is 24.2 Å². The number of halogens is 4. The molecule has 0 radical (unpaired) electrons. The number of benzene rings is 2. The highest BCUT2D eigenvalue weighted by molar-refractivity contribution is 9.11. The summed E-state index contributed by atoms with van der Waals surface area (Å²) in [5.41, 5.74) is 0.809. The summed E-state index contributed by atoms with van der Waals surface area (Å²) in [5, 5.41) is 12.4. The van der Waals surface area contributed by atoms with Gasteiger partial charge in [-0.2, -0.15) is 5.26 Å². The molecule has 8 heteroatoms. The van der Waals surface area contributed by atoms with Gasteiger partial charge in [0.15, 0.2) is 0 Å². The highest BCUT2D eigenvalue weighted by atomic mass is 79.9. The van der Waals surface area contributed by atoms with E-state index in [9.17, 15) is 10.1 Å². The first-order valence-corrected chi connectivity index (χ1v) is 9.64. The van der Waals surface area contributed by atoms with E-state index in [1.165, 1.54) is 6.08 Å². The fraction of sp³-hybridized carbons (Fsp3) is 0.0526. The number of ether oxygens (including phenoxy) is 1. The van der Waals surface area contributed by atoms with Crippen LogP contribution in [0.25, 0.3) is 6.08 Å². The Bertz CT molecular complexity index is 985. The number of nitrogens with zero attached hydrogens (tertiary/aromatic N) is 1. The molecule has 0 aliphatic heterocycles. The maximum atomic E-state index is 12.4. The molecule has 2 rings (SSSR count). The number of terminal acetylenes is 1. The lowest BCUT2D eigenvalue weighted by atomic mass is 10.1. The minimum Gasteiger partial charge on any atom is -0.479 e. The van der Waals surface area contributed by atoms with Crippen LogP contribution in [0.3, 0.4) is 0 Å². The summed E-state index contributed by atoms with van der Waals surface area (Å²) in [6, 6.07) is 10.1. The third-order valence-corrected chi connectivity index (χ3v) is 5.19. The molecule has 0 heterocycles. The van der Waals surface area contributed by atoms with E-state index in [-0.39, 0.29) is 17.2 Å². The second-order valence-electron chi connectivity index (χ2n) is 5.03. The Morgan fingerprint density at radius 3 is 2.56 bits per heavy atom. The van der Waals surface area contributed by atoms with Crippen LogP contribution in [-0.4, -0.2) is 12.5 Å². The summed E-state index contributed by atoms with van der Waals surface area (Å²) >= 11 is 18.7. The summed E-state index contributed by atoms with van der Waals surface area (Å²) in [6.45, 7) is 0.110. The van der Waals surface area contributed by atoms with Crippen LogP contribution >= 0.6 is 55.1 Å².